The largest absolute Gasteiger partial charge is 0.489 e. The lowest BCUT2D eigenvalue weighted by molar-refractivity contribution is -0.141. The van der Waals surface area contributed by atoms with Crippen molar-refractivity contribution in [1.29, 1.82) is 5.26 Å². The summed E-state index contributed by atoms with van der Waals surface area (Å²) < 4.78 is 11.7. The van der Waals surface area contributed by atoms with Crippen molar-refractivity contribution in [3.8, 4) is 29.0 Å². The van der Waals surface area contributed by atoms with Crippen molar-refractivity contribution >= 4 is 35.8 Å². The first-order chi connectivity index (χ1) is 20.3. The van der Waals surface area contributed by atoms with E-state index < -0.39 is 6.10 Å². The summed E-state index contributed by atoms with van der Waals surface area (Å²) in [6, 6.07) is 13.3. The highest BCUT2D eigenvalue weighted by atomic mass is 35.5. The molecule has 2 aliphatic rings. The van der Waals surface area contributed by atoms with Gasteiger partial charge in [0.1, 0.15) is 35.5 Å². The zero-order valence-corrected chi connectivity index (χ0v) is 25.4. The fourth-order valence-electron chi connectivity index (χ4n) is 5.15. The summed E-state index contributed by atoms with van der Waals surface area (Å²) in [5.41, 5.74) is 2.74. The minimum atomic E-state index is -1.01. The van der Waals surface area contributed by atoms with Crippen LogP contribution < -0.4 is 19.7 Å². The Labute approximate surface area is 257 Å². The Morgan fingerprint density at radius 2 is 1.84 bits per heavy atom. The van der Waals surface area contributed by atoms with Gasteiger partial charge in [0.05, 0.1) is 18.4 Å². The molecule has 4 heterocycles. The van der Waals surface area contributed by atoms with Gasteiger partial charge >= 0.3 is 0 Å². The molecule has 1 atom stereocenters. The van der Waals surface area contributed by atoms with Gasteiger partial charge in [0.15, 0.2) is 0 Å². The zero-order valence-electron chi connectivity index (χ0n) is 24.6. The highest BCUT2D eigenvalue weighted by Gasteiger charge is 2.26. The third-order valence-corrected chi connectivity index (χ3v) is 7.57. The van der Waals surface area contributed by atoms with E-state index in [9.17, 15) is 15.2 Å². The van der Waals surface area contributed by atoms with Crippen LogP contribution in [0.3, 0.4) is 0 Å². The van der Waals surface area contributed by atoms with Crippen molar-refractivity contribution < 1.29 is 19.4 Å². The molecule has 1 amide bonds. The van der Waals surface area contributed by atoms with Crippen molar-refractivity contribution in [3.05, 3.63) is 48.2 Å². The number of aliphatic hydroxyl groups excluding tert-OH is 1. The predicted molar refractivity (Wildman–Crippen MR) is 165 cm³/mol. The maximum atomic E-state index is 12.0. The number of likely N-dealkylation sites (N-methyl/N-ethyl adjacent to an activating group) is 1. The van der Waals surface area contributed by atoms with Gasteiger partial charge in [-0.05, 0) is 50.4 Å². The van der Waals surface area contributed by atoms with Gasteiger partial charge in [-0.3, -0.25) is 4.79 Å². The molecule has 0 bridgehead atoms. The second kappa shape index (κ2) is 14.3. The summed E-state index contributed by atoms with van der Waals surface area (Å²) in [5.74, 6) is 1.68. The van der Waals surface area contributed by atoms with Gasteiger partial charge in [0.25, 0.3) is 5.91 Å². The van der Waals surface area contributed by atoms with E-state index in [4.69, 9.17) is 9.47 Å². The topological polar surface area (TPSA) is 140 Å². The first-order valence-corrected chi connectivity index (χ1v) is 14.1. The van der Waals surface area contributed by atoms with E-state index in [2.05, 4.69) is 43.2 Å². The number of amides is 1. The maximum absolute atomic E-state index is 12.0. The van der Waals surface area contributed by atoms with E-state index in [0.29, 0.717) is 60.6 Å². The standard InChI is InChI=1S/C30H36N8O4.ClH/c1-20(39)29(40)38-12-9-23(10-13-38)42-26-6-4-21(18-22(26)19-31)24-8-11-32-30(33-24)35-27-7-5-25(28(34-27)41-3)37-16-14-36(2)15-17-37;/h4-8,11,18,20,23,39H,9-10,12-17H2,1-3H3,(H,32,33,34,35);1H/t20-;/m0./s1. The molecule has 0 spiro atoms. The van der Waals surface area contributed by atoms with Gasteiger partial charge in [0.2, 0.25) is 11.8 Å². The van der Waals surface area contributed by atoms with Gasteiger partial charge in [-0.25, -0.2) is 9.97 Å². The second-order valence-electron chi connectivity index (χ2n) is 10.5. The van der Waals surface area contributed by atoms with E-state index in [1.807, 2.05) is 18.2 Å². The molecule has 3 aromatic rings. The number of piperazine rings is 1. The van der Waals surface area contributed by atoms with E-state index in [1.165, 1.54) is 6.92 Å². The van der Waals surface area contributed by atoms with Gasteiger partial charge < -0.3 is 34.6 Å². The summed E-state index contributed by atoms with van der Waals surface area (Å²) in [4.78, 5) is 31.9. The molecular formula is C30H37ClN8O4. The smallest absolute Gasteiger partial charge is 0.251 e. The number of nitriles is 1. The van der Waals surface area contributed by atoms with Crippen LogP contribution in [-0.4, -0.2) is 101 Å². The Morgan fingerprint density at radius 3 is 2.51 bits per heavy atom. The Hall–Kier alpha value is -4.18. The number of hydrogen-bond acceptors (Lipinski definition) is 11. The number of nitrogens with one attached hydrogen (secondary N) is 1. The molecule has 12 nitrogen and oxygen atoms in total. The first-order valence-electron chi connectivity index (χ1n) is 14.1. The molecule has 13 heteroatoms. The number of anilines is 3. The third-order valence-electron chi connectivity index (χ3n) is 7.57. The van der Waals surface area contributed by atoms with Crippen LogP contribution >= 0.6 is 12.4 Å². The normalized spacial score (nSPS) is 16.5. The molecule has 5 rings (SSSR count). The summed E-state index contributed by atoms with van der Waals surface area (Å²) >= 11 is 0. The molecule has 0 saturated carbocycles. The van der Waals surface area contributed by atoms with Gasteiger partial charge in [-0.15, -0.1) is 12.4 Å². The van der Waals surface area contributed by atoms with Crippen LogP contribution in [-0.2, 0) is 4.79 Å². The van der Waals surface area contributed by atoms with Crippen LogP contribution in [0.5, 0.6) is 11.6 Å². The van der Waals surface area contributed by atoms with Gasteiger partial charge in [-0.2, -0.15) is 10.2 Å². The number of aromatic nitrogens is 3. The average molecular weight is 609 g/mol. The number of ether oxygens (including phenoxy) is 2. The number of aliphatic hydroxyl groups is 1. The molecule has 0 aliphatic carbocycles. The number of likely N-dealkylation sites (tertiary alicyclic amines) is 1. The lowest BCUT2D eigenvalue weighted by Crippen LogP contribution is -2.45. The van der Waals surface area contributed by atoms with Crippen LogP contribution in [0.1, 0.15) is 25.3 Å². The van der Waals surface area contributed by atoms with E-state index in [-0.39, 0.29) is 24.4 Å². The fourth-order valence-corrected chi connectivity index (χ4v) is 5.15. The van der Waals surface area contributed by atoms with Crippen molar-refractivity contribution in [2.24, 2.45) is 0 Å². The van der Waals surface area contributed by atoms with Crippen LogP contribution in [0.2, 0.25) is 0 Å². The number of carbonyl (C=O) groups excluding carboxylic acids is 1. The number of benzene rings is 1. The molecule has 2 aliphatic heterocycles. The first kappa shape index (κ1) is 31.7. The number of halogens is 1. The van der Waals surface area contributed by atoms with Crippen molar-refractivity contribution in [3.63, 3.8) is 0 Å². The van der Waals surface area contributed by atoms with Crippen molar-refractivity contribution in [1.82, 2.24) is 24.8 Å². The minimum Gasteiger partial charge on any atom is -0.489 e. The molecule has 2 aromatic heterocycles. The van der Waals surface area contributed by atoms with E-state index in [0.717, 1.165) is 37.4 Å². The number of nitrogens with zero attached hydrogens (tertiary/aromatic N) is 7. The number of rotatable bonds is 8. The van der Waals surface area contributed by atoms with Crippen LogP contribution in [0, 0.1) is 11.3 Å². The molecule has 2 fully saturated rings. The molecular weight excluding hydrogens is 572 g/mol. The zero-order chi connectivity index (χ0) is 29.6. The van der Waals surface area contributed by atoms with E-state index in [1.54, 1.807) is 36.4 Å². The second-order valence-corrected chi connectivity index (χ2v) is 10.5. The van der Waals surface area contributed by atoms with E-state index >= 15 is 0 Å². The Balaban J connectivity index is 0.00000423. The molecule has 43 heavy (non-hydrogen) atoms. The monoisotopic (exact) mass is 608 g/mol. The summed E-state index contributed by atoms with van der Waals surface area (Å²) in [6.45, 7) is 6.27. The molecule has 0 radical (unpaired) electrons. The lowest BCUT2D eigenvalue weighted by Gasteiger charge is -2.34. The number of pyridine rings is 1. The van der Waals surface area contributed by atoms with Crippen LogP contribution in [0.15, 0.2) is 42.6 Å². The highest BCUT2D eigenvalue weighted by molar-refractivity contribution is 5.85. The number of piperidine rings is 1. The minimum absolute atomic E-state index is 0. The van der Waals surface area contributed by atoms with Crippen LogP contribution in [0.4, 0.5) is 17.5 Å². The lowest BCUT2D eigenvalue weighted by atomic mass is 10.1. The summed E-state index contributed by atoms with van der Waals surface area (Å²) in [6.07, 6.45) is 1.77. The Morgan fingerprint density at radius 1 is 1.09 bits per heavy atom. The highest BCUT2D eigenvalue weighted by Crippen LogP contribution is 2.31. The molecule has 228 valence electrons. The molecule has 2 N–H and O–H groups in total. The van der Waals surface area contributed by atoms with Gasteiger partial charge in [0, 0.05) is 63.9 Å². The number of carbonyl (C=O) groups is 1. The molecule has 1 aromatic carbocycles. The molecule has 0 unspecified atom stereocenters. The quantitative estimate of drug-likeness (QED) is 0.390. The maximum Gasteiger partial charge on any atom is 0.251 e. The summed E-state index contributed by atoms with van der Waals surface area (Å²) in [5, 5.41) is 22.6. The van der Waals surface area contributed by atoms with Gasteiger partial charge in [-0.1, -0.05) is 0 Å². The van der Waals surface area contributed by atoms with Crippen LogP contribution in [0.25, 0.3) is 11.3 Å². The number of hydrogen-bond donors (Lipinski definition) is 2. The fraction of sp³-hybridized carbons (Fsp3) is 0.433. The predicted octanol–water partition coefficient (Wildman–Crippen LogP) is 3.09. The van der Waals surface area contributed by atoms with Crippen molar-refractivity contribution in [2.45, 2.75) is 32.0 Å². The Bertz CT molecular complexity index is 1450. The number of methoxy groups -OCH3 is 1. The molecule has 2 saturated heterocycles. The SMILES string of the molecule is COc1nc(Nc2nccc(-c3ccc(OC4CCN(C(=O)[C@H](C)O)CC4)c(C#N)c3)n2)ccc1N1CCN(C)CC1.Cl. The van der Waals surface area contributed by atoms with Crippen molar-refractivity contribution in [2.75, 3.05) is 63.6 Å². The average Bonchev–Trinajstić information content (AvgIpc) is 3.01. The summed E-state index contributed by atoms with van der Waals surface area (Å²) in [7, 11) is 3.73. The Kier molecular flexibility index (Phi) is 10.6. The third kappa shape index (κ3) is 7.62.